The van der Waals surface area contributed by atoms with Gasteiger partial charge in [0.1, 0.15) is 24.0 Å². The highest BCUT2D eigenvalue weighted by atomic mass is 16.5. The molecule has 0 atom stereocenters. The molecule has 276 valence electrons. The number of ether oxygens (including phenoxy) is 1. The van der Waals surface area contributed by atoms with Gasteiger partial charge in [-0.25, -0.2) is 4.98 Å². The number of nitriles is 1. The van der Waals surface area contributed by atoms with Crippen LogP contribution in [0.25, 0.3) is 27.6 Å². The minimum absolute atomic E-state index is 0.0184. The highest BCUT2D eigenvalue weighted by Gasteiger charge is 2.30. The van der Waals surface area contributed by atoms with Crippen LogP contribution >= 0.6 is 0 Å². The van der Waals surface area contributed by atoms with Gasteiger partial charge in [0.2, 0.25) is 0 Å². The van der Waals surface area contributed by atoms with Crippen LogP contribution < -0.4 is 14.5 Å². The normalized spacial score (nSPS) is 13.4. The summed E-state index contributed by atoms with van der Waals surface area (Å²) in [6, 6.07) is 42.7. The van der Waals surface area contributed by atoms with Crippen LogP contribution in [-0.4, -0.2) is 16.2 Å². The van der Waals surface area contributed by atoms with Crippen LogP contribution in [0.5, 0.6) is 11.5 Å². The molecule has 0 aliphatic carbocycles. The molecule has 2 aromatic heterocycles. The molecular formula is C49H49N5O. The molecule has 55 heavy (non-hydrogen) atoms. The molecule has 7 aromatic rings. The zero-order valence-electron chi connectivity index (χ0n) is 33.4. The lowest BCUT2D eigenvalue weighted by Crippen LogP contribution is -2.25. The number of aromatic nitrogens is 2. The van der Waals surface area contributed by atoms with Crippen molar-refractivity contribution < 1.29 is 4.74 Å². The zero-order chi connectivity index (χ0) is 38.9. The molecule has 1 aliphatic heterocycles. The van der Waals surface area contributed by atoms with Crippen molar-refractivity contribution in [3.63, 3.8) is 0 Å². The molecule has 6 nitrogen and oxygen atoms in total. The lowest BCUT2D eigenvalue weighted by atomic mass is 9.80. The van der Waals surface area contributed by atoms with Crippen molar-refractivity contribution in [1.82, 2.24) is 9.55 Å². The van der Waals surface area contributed by atoms with Crippen LogP contribution in [0.15, 0.2) is 121 Å². The Balaban J connectivity index is 1.17. The Hall–Kier alpha value is -6.06. The fraction of sp³-hybridized carbons (Fsp3) is 0.265. The Morgan fingerprint density at radius 3 is 1.87 bits per heavy atom. The van der Waals surface area contributed by atoms with Crippen molar-refractivity contribution >= 4 is 44.6 Å². The average Bonchev–Trinajstić information content (AvgIpc) is 3.69. The summed E-state index contributed by atoms with van der Waals surface area (Å²) in [5.74, 6) is 2.30. The van der Waals surface area contributed by atoms with E-state index in [1.54, 1.807) is 0 Å². The molecule has 0 saturated carbocycles. The molecule has 0 unspecified atom stereocenters. The van der Waals surface area contributed by atoms with Crippen molar-refractivity contribution in [2.45, 2.75) is 78.6 Å². The number of anilines is 4. The van der Waals surface area contributed by atoms with Crippen LogP contribution in [-0.2, 0) is 16.2 Å². The van der Waals surface area contributed by atoms with Gasteiger partial charge in [-0.1, -0.05) is 86.6 Å². The molecule has 6 heteroatoms. The molecule has 0 radical (unpaired) electrons. The first-order valence-corrected chi connectivity index (χ1v) is 19.1. The Morgan fingerprint density at radius 1 is 0.564 bits per heavy atom. The van der Waals surface area contributed by atoms with Gasteiger partial charge in [-0.3, -0.25) is 4.57 Å². The maximum atomic E-state index is 9.74. The predicted octanol–water partition coefficient (Wildman–Crippen LogP) is 13.0. The predicted molar refractivity (Wildman–Crippen MR) is 228 cm³/mol. The highest BCUT2D eigenvalue weighted by molar-refractivity contribution is 6.10. The number of para-hydroxylation sites is 2. The van der Waals surface area contributed by atoms with E-state index in [9.17, 15) is 5.26 Å². The van der Waals surface area contributed by atoms with Gasteiger partial charge < -0.3 is 14.5 Å². The van der Waals surface area contributed by atoms with Crippen molar-refractivity contribution in [2.75, 3.05) is 16.5 Å². The molecular weight excluding hydrogens is 675 g/mol. The molecule has 0 fully saturated rings. The molecule has 3 heterocycles. The fourth-order valence-electron chi connectivity index (χ4n) is 7.53. The molecule has 0 saturated heterocycles. The van der Waals surface area contributed by atoms with Crippen molar-refractivity contribution in [3.05, 3.63) is 144 Å². The van der Waals surface area contributed by atoms with E-state index in [-0.39, 0.29) is 16.2 Å². The molecule has 0 N–H and O–H groups in total. The summed E-state index contributed by atoms with van der Waals surface area (Å²) in [4.78, 5) is 9.63. The molecule has 0 spiro atoms. The van der Waals surface area contributed by atoms with Gasteiger partial charge in [0, 0.05) is 40.5 Å². The maximum absolute atomic E-state index is 9.74. The summed E-state index contributed by atoms with van der Waals surface area (Å²) in [7, 11) is 0. The van der Waals surface area contributed by atoms with Crippen molar-refractivity contribution in [1.29, 1.82) is 5.26 Å². The molecule has 5 aromatic carbocycles. The molecule has 0 amide bonds. The Bertz CT molecular complexity index is 2610. The SMILES string of the molecule is CC(C)(C)c1cc(N2CN(c3cccc(Oc4ccc5c6cc(C#N)ccc6n(-c6cc(C(C)(C)C)ccn6)c5c4)c3)c3ccccc32)cc(C(C)(C)C)c1. The third kappa shape index (κ3) is 6.69. The van der Waals surface area contributed by atoms with Crippen LogP contribution in [0.2, 0.25) is 0 Å². The number of benzene rings is 5. The third-order valence-corrected chi connectivity index (χ3v) is 10.8. The Kier molecular flexibility index (Phi) is 8.53. The quantitative estimate of drug-likeness (QED) is 0.177. The number of rotatable bonds is 5. The van der Waals surface area contributed by atoms with Crippen LogP contribution in [0.1, 0.15) is 84.6 Å². The van der Waals surface area contributed by atoms with Crippen molar-refractivity contribution in [3.8, 4) is 23.4 Å². The number of pyridine rings is 1. The average molecular weight is 724 g/mol. The summed E-state index contributed by atoms with van der Waals surface area (Å²) in [5.41, 5.74) is 11.0. The summed E-state index contributed by atoms with van der Waals surface area (Å²) in [5, 5.41) is 11.8. The van der Waals surface area contributed by atoms with E-state index >= 15 is 0 Å². The number of fused-ring (bicyclic) bond motifs is 4. The standard InChI is InChI=1S/C49H49N5O/c1-47(2,3)33-21-22-51-46(27-33)54-42-20-17-32(30-50)23-41(42)40-19-18-39(29-45(40)54)55-38-14-12-13-36(28-38)52-31-53(44-16-11-10-15-43(44)52)37-25-34(48(4,5)6)24-35(26-37)49(7,8)9/h10-29H,31H2,1-9H3. The van der Waals surface area contributed by atoms with Gasteiger partial charge in [0.05, 0.1) is 34.0 Å². The molecule has 8 rings (SSSR count). The summed E-state index contributed by atoms with van der Waals surface area (Å²) in [6.07, 6.45) is 1.88. The minimum atomic E-state index is -0.0393. The van der Waals surface area contributed by atoms with Crippen LogP contribution in [0.3, 0.4) is 0 Å². The first kappa shape index (κ1) is 35.9. The number of hydrogen-bond acceptors (Lipinski definition) is 5. The second-order valence-electron chi connectivity index (χ2n) is 17.9. The number of nitrogens with zero attached hydrogens (tertiary/aromatic N) is 5. The summed E-state index contributed by atoms with van der Waals surface area (Å²) < 4.78 is 8.86. The van der Waals surface area contributed by atoms with Gasteiger partial charge in [0.15, 0.2) is 0 Å². The van der Waals surface area contributed by atoms with E-state index in [0.717, 1.165) is 50.5 Å². The lowest BCUT2D eigenvalue weighted by molar-refractivity contribution is 0.483. The Morgan fingerprint density at radius 2 is 1.22 bits per heavy atom. The van der Waals surface area contributed by atoms with Gasteiger partial charge in [-0.2, -0.15) is 5.26 Å². The summed E-state index contributed by atoms with van der Waals surface area (Å²) in [6.45, 7) is 21.0. The van der Waals surface area contributed by atoms with E-state index in [0.29, 0.717) is 12.2 Å². The van der Waals surface area contributed by atoms with E-state index < -0.39 is 0 Å². The third-order valence-electron chi connectivity index (χ3n) is 10.8. The fourth-order valence-corrected chi connectivity index (χ4v) is 7.53. The van der Waals surface area contributed by atoms with E-state index in [4.69, 9.17) is 9.72 Å². The van der Waals surface area contributed by atoms with Gasteiger partial charge in [0.25, 0.3) is 0 Å². The number of hydrogen-bond donors (Lipinski definition) is 0. The smallest absolute Gasteiger partial charge is 0.137 e. The topological polar surface area (TPSA) is 57.3 Å². The monoisotopic (exact) mass is 723 g/mol. The van der Waals surface area contributed by atoms with E-state index in [2.05, 4.69) is 168 Å². The largest absolute Gasteiger partial charge is 0.457 e. The molecule has 0 bridgehead atoms. The highest BCUT2D eigenvalue weighted by Crippen LogP contribution is 2.46. The van der Waals surface area contributed by atoms with Gasteiger partial charge in [-0.05, 0) is 112 Å². The zero-order valence-corrected chi connectivity index (χ0v) is 33.4. The second-order valence-corrected chi connectivity index (χ2v) is 17.9. The summed E-state index contributed by atoms with van der Waals surface area (Å²) >= 11 is 0. The second kappa shape index (κ2) is 13.1. The van der Waals surface area contributed by atoms with Crippen LogP contribution in [0, 0.1) is 11.3 Å². The van der Waals surface area contributed by atoms with Gasteiger partial charge >= 0.3 is 0 Å². The van der Waals surface area contributed by atoms with E-state index in [1.807, 2.05) is 36.5 Å². The van der Waals surface area contributed by atoms with Crippen molar-refractivity contribution in [2.24, 2.45) is 0 Å². The first-order valence-electron chi connectivity index (χ1n) is 19.1. The lowest BCUT2D eigenvalue weighted by Gasteiger charge is -2.29. The maximum Gasteiger partial charge on any atom is 0.137 e. The van der Waals surface area contributed by atoms with Gasteiger partial charge in [-0.15, -0.1) is 0 Å². The van der Waals surface area contributed by atoms with Crippen LogP contribution in [0.4, 0.5) is 22.7 Å². The molecule has 1 aliphatic rings. The van der Waals surface area contributed by atoms with E-state index in [1.165, 1.54) is 28.1 Å². The first-order chi connectivity index (χ1) is 26.1. The Labute approximate surface area is 325 Å². The minimum Gasteiger partial charge on any atom is -0.457 e.